The van der Waals surface area contributed by atoms with E-state index in [4.69, 9.17) is 0 Å². The highest BCUT2D eigenvalue weighted by molar-refractivity contribution is 5.82. The molecule has 2 aliphatic rings. The van der Waals surface area contributed by atoms with Crippen molar-refractivity contribution in [3.8, 4) is 11.4 Å². The van der Waals surface area contributed by atoms with Crippen molar-refractivity contribution in [1.29, 1.82) is 0 Å². The third-order valence-electron chi connectivity index (χ3n) is 7.52. The third kappa shape index (κ3) is 4.19. The van der Waals surface area contributed by atoms with Crippen molar-refractivity contribution in [2.24, 2.45) is 16.8 Å². The van der Waals surface area contributed by atoms with Gasteiger partial charge in [0.2, 0.25) is 5.82 Å². The van der Waals surface area contributed by atoms with E-state index in [1.807, 2.05) is 39.9 Å². The predicted molar refractivity (Wildman–Crippen MR) is 133 cm³/mol. The molecular weight excluding hydrogens is 442 g/mol. The Morgan fingerprint density at radius 2 is 2.17 bits per heavy atom. The molecule has 1 fully saturated rings. The number of tetrazole rings is 1. The highest BCUT2D eigenvalue weighted by atomic mass is 16.2. The lowest BCUT2D eigenvalue weighted by atomic mass is 9.76. The Bertz CT molecular complexity index is 1330. The molecule has 1 aliphatic heterocycles. The number of imidazole rings is 1. The number of aryl methyl sites for hydroxylation is 1. The fraction of sp³-hybridized carbons (Fsp3) is 0.462. The molecule has 4 unspecified atom stereocenters. The minimum atomic E-state index is -0.451. The Morgan fingerprint density at radius 3 is 2.83 bits per heavy atom. The van der Waals surface area contributed by atoms with Crippen molar-refractivity contribution in [3.63, 3.8) is 0 Å². The minimum absolute atomic E-state index is 0.0405. The Labute approximate surface area is 204 Å². The molecule has 1 aromatic carbocycles. The first-order valence-corrected chi connectivity index (χ1v) is 12.3. The molecule has 3 aromatic rings. The van der Waals surface area contributed by atoms with Crippen LogP contribution in [0.3, 0.4) is 0 Å². The maximum absolute atomic E-state index is 13.8. The summed E-state index contributed by atoms with van der Waals surface area (Å²) in [4.78, 5) is 30.2. The number of aromatic nitrogens is 6. The molecule has 1 N–H and O–H groups in total. The number of allylic oxidation sites excluding steroid dienone is 1. The predicted octanol–water partition coefficient (Wildman–Crippen LogP) is 3.49. The molecule has 0 spiro atoms. The van der Waals surface area contributed by atoms with Gasteiger partial charge >= 0.3 is 5.69 Å². The second-order valence-corrected chi connectivity index (χ2v) is 9.81. The second-order valence-electron chi connectivity index (χ2n) is 9.81. The average Bonchev–Trinajstić information content (AvgIpc) is 3.18. The zero-order valence-corrected chi connectivity index (χ0v) is 20.4. The van der Waals surface area contributed by atoms with Crippen LogP contribution in [-0.2, 0) is 23.2 Å². The number of benzene rings is 1. The summed E-state index contributed by atoms with van der Waals surface area (Å²) in [5.41, 5.74) is 2.45. The molecular formula is C26H31N7O2. The van der Waals surface area contributed by atoms with E-state index in [1.54, 1.807) is 6.92 Å². The van der Waals surface area contributed by atoms with Gasteiger partial charge in [0.25, 0.3) is 0 Å². The van der Waals surface area contributed by atoms with Gasteiger partial charge in [-0.05, 0) is 48.9 Å². The maximum Gasteiger partial charge on any atom is 0.328 e. The maximum atomic E-state index is 13.8. The summed E-state index contributed by atoms with van der Waals surface area (Å²) >= 11 is 0. The summed E-state index contributed by atoms with van der Waals surface area (Å²) in [6.07, 6.45) is 11.3. The van der Waals surface area contributed by atoms with Gasteiger partial charge in [-0.1, -0.05) is 44.5 Å². The molecule has 4 atom stereocenters. The van der Waals surface area contributed by atoms with Gasteiger partial charge < -0.3 is 0 Å². The van der Waals surface area contributed by atoms with E-state index in [9.17, 15) is 9.59 Å². The number of Topliss-reactive ketones (excluding diaryl/α,β-unsaturated/α-hetero) is 1. The number of aliphatic imine (C=N–C) groups is 1. The van der Waals surface area contributed by atoms with E-state index in [0.717, 1.165) is 36.1 Å². The Kier molecular flexibility index (Phi) is 6.08. The normalized spacial score (nSPS) is 25.2. The van der Waals surface area contributed by atoms with E-state index >= 15 is 0 Å². The molecule has 9 nitrogen and oxygen atoms in total. The number of carbonyl (C=O) groups excluding carboxylic acids is 1. The van der Waals surface area contributed by atoms with Gasteiger partial charge in [0.15, 0.2) is 0 Å². The molecule has 0 radical (unpaired) electrons. The van der Waals surface area contributed by atoms with Crippen LogP contribution in [0, 0.1) is 11.8 Å². The fourth-order valence-electron chi connectivity index (χ4n) is 5.45. The summed E-state index contributed by atoms with van der Waals surface area (Å²) < 4.78 is 3.73. The van der Waals surface area contributed by atoms with Crippen LogP contribution >= 0.6 is 0 Å². The van der Waals surface area contributed by atoms with Gasteiger partial charge in [0.1, 0.15) is 5.78 Å². The van der Waals surface area contributed by atoms with Gasteiger partial charge in [0.05, 0.1) is 6.04 Å². The van der Waals surface area contributed by atoms with Gasteiger partial charge in [-0.3, -0.25) is 18.9 Å². The first-order chi connectivity index (χ1) is 16.9. The smallest absolute Gasteiger partial charge is 0.300 e. The number of aromatic amines is 1. The van der Waals surface area contributed by atoms with Crippen molar-refractivity contribution in [3.05, 3.63) is 64.5 Å². The van der Waals surface area contributed by atoms with Gasteiger partial charge in [-0.2, -0.15) is 5.21 Å². The third-order valence-corrected chi connectivity index (χ3v) is 7.52. The van der Waals surface area contributed by atoms with E-state index in [-0.39, 0.29) is 29.4 Å². The van der Waals surface area contributed by atoms with Gasteiger partial charge in [-0.15, -0.1) is 10.2 Å². The second kappa shape index (κ2) is 9.20. The lowest BCUT2D eigenvalue weighted by Crippen LogP contribution is -2.37. The summed E-state index contributed by atoms with van der Waals surface area (Å²) in [7, 11) is 0. The van der Waals surface area contributed by atoms with Gasteiger partial charge in [0, 0.05) is 47.7 Å². The first-order valence-electron chi connectivity index (χ1n) is 12.3. The minimum Gasteiger partial charge on any atom is -0.300 e. The molecule has 9 heteroatoms. The van der Waals surface area contributed by atoms with Crippen molar-refractivity contribution in [2.75, 3.05) is 0 Å². The van der Waals surface area contributed by atoms with Crippen LogP contribution in [0.2, 0.25) is 0 Å². The molecule has 3 heterocycles. The summed E-state index contributed by atoms with van der Waals surface area (Å²) in [5.74, 6) is 0.783. The zero-order valence-electron chi connectivity index (χ0n) is 20.4. The lowest BCUT2D eigenvalue weighted by molar-refractivity contribution is -0.118. The molecule has 1 saturated carbocycles. The van der Waals surface area contributed by atoms with Crippen LogP contribution in [0.25, 0.3) is 11.4 Å². The number of ketones is 1. The number of hydrogen-bond acceptors (Lipinski definition) is 6. The van der Waals surface area contributed by atoms with Crippen LogP contribution in [0.1, 0.15) is 57.3 Å². The van der Waals surface area contributed by atoms with Crippen LogP contribution in [0.15, 0.2) is 52.5 Å². The molecule has 182 valence electrons. The molecule has 0 amide bonds. The van der Waals surface area contributed by atoms with Gasteiger partial charge in [-0.25, -0.2) is 4.79 Å². The number of carbonyl (C=O) groups is 1. The Balaban J connectivity index is 1.56. The van der Waals surface area contributed by atoms with Crippen LogP contribution < -0.4 is 5.69 Å². The number of nitrogens with zero attached hydrogens (tertiary/aromatic N) is 6. The lowest BCUT2D eigenvalue weighted by Gasteiger charge is -2.32. The van der Waals surface area contributed by atoms with Crippen molar-refractivity contribution < 1.29 is 4.79 Å². The number of rotatable bonds is 9. The summed E-state index contributed by atoms with van der Waals surface area (Å²) in [6, 6.07) is 8.03. The van der Waals surface area contributed by atoms with Crippen molar-refractivity contribution in [2.45, 2.75) is 64.5 Å². The number of H-pyrrole nitrogens is 1. The topological polar surface area (TPSA) is 111 Å². The molecule has 2 aromatic heterocycles. The molecule has 5 rings (SSSR count). The zero-order chi connectivity index (χ0) is 24.6. The molecule has 0 bridgehead atoms. The standard InChI is InChI=1S/C26H31N7O2/c1-4-5-9-21-15-32(23-17(2)22(23)18(3)34)25(35)33(21)16-26(10-12-27-13-11-26)20-8-6-7-19(14-20)24-28-30-31-29-24/h6-8,10,12-15,17,22-23H,4-5,9,11,16H2,1-3H3,(H,28,29,30,31). The largest absolute Gasteiger partial charge is 0.328 e. The van der Waals surface area contributed by atoms with Crippen LogP contribution in [0.4, 0.5) is 0 Å². The summed E-state index contributed by atoms with van der Waals surface area (Å²) in [6.45, 7) is 6.32. The monoisotopic (exact) mass is 473 g/mol. The highest BCUT2D eigenvalue weighted by Crippen LogP contribution is 2.50. The van der Waals surface area contributed by atoms with Crippen LogP contribution in [-0.4, -0.2) is 41.8 Å². The van der Waals surface area contributed by atoms with E-state index in [2.05, 4.69) is 57.7 Å². The quantitative estimate of drug-likeness (QED) is 0.511. The molecule has 0 saturated heterocycles. The molecule has 35 heavy (non-hydrogen) atoms. The summed E-state index contributed by atoms with van der Waals surface area (Å²) in [5, 5.41) is 14.4. The van der Waals surface area contributed by atoms with Crippen molar-refractivity contribution in [1.82, 2.24) is 29.8 Å². The Morgan fingerprint density at radius 1 is 1.31 bits per heavy atom. The first kappa shape index (κ1) is 23.1. The number of unbranched alkanes of at least 4 members (excludes halogenated alkanes) is 1. The molecule has 1 aliphatic carbocycles. The highest BCUT2D eigenvalue weighted by Gasteiger charge is 2.52. The van der Waals surface area contributed by atoms with E-state index in [0.29, 0.717) is 18.8 Å². The van der Waals surface area contributed by atoms with E-state index < -0.39 is 5.41 Å². The fourth-order valence-corrected chi connectivity index (χ4v) is 5.45. The van der Waals surface area contributed by atoms with Crippen LogP contribution in [0.5, 0.6) is 0 Å². The number of hydrogen-bond donors (Lipinski definition) is 1. The van der Waals surface area contributed by atoms with Crippen molar-refractivity contribution >= 4 is 12.0 Å². The van der Waals surface area contributed by atoms with E-state index in [1.165, 1.54) is 0 Å². The average molecular weight is 474 g/mol. The number of nitrogens with one attached hydrogen (secondary N) is 1. The SMILES string of the molecule is CCCCc1cn(C2C(C)C2C(C)=O)c(=O)n1CC1(c2cccc(-c3nn[nH]n3)c2)C=CN=CC1. The Hall–Kier alpha value is -3.62.